The predicted molar refractivity (Wildman–Crippen MR) is 117 cm³/mol. The van der Waals surface area contributed by atoms with E-state index in [4.69, 9.17) is 9.72 Å². The van der Waals surface area contributed by atoms with Gasteiger partial charge >= 0.3 is 0 Å². The first-order chi connectivity index (χ1) is 14.6. The Morgan fingerprint density at radius 3 is 2.57 bits per heavy atom. The van der Waals surface area contributed by atoms with Gasteiger partial charge in [0.15, 0.2) is 4.96 Å². The summed E-state index contributed by atoms with van der Waals surface area (Å²) in [5.74, 6) is 0.218. The highest BCUT2D eigenvalue weighted by atomic mass is 32.1. The second kappa shape index (κ2) is 7.27. The normalized spacial score (nSPS) is 11.1. The standard InChI is InChI=1S/C23H16FN3O2S/c1-29-18-9-2-14(3-10-18)19-13-27-20-11-4-15(12-21(20)30-23(27)26-19)22(28)25-17-7-5-16(24)6-8-17/h2-13H,1H3,(H,25,28). The molecule has 0 aliphatic heterocycles. The Hall–Kier alpha value is -3.71. The molecule has 0 aliphatic carbocycles. The molecule has 148 valence electrons. The van der Waals surface area contributed by atoms with Gasteiger partial charge in [0, 0.05) is 23.0 Å². The first kappa shape index (κ1) is 18.3. The summed E-state index contributed by atoms with van der Waals surface area (Å²) < 4.78 is 21.2. The molecule has 3 aromatic carbocycles. The Labute approximate surface area is 175 Å². The molecule has 2 heterocycles. The SMILES string of the molecule is COc1ccc(-c2cn3c(n2)sc2cc(C(=O)Nc4ccc(F)cc4)ccc23)cc1. The second-order valence-electron chi connectivity index (χ2n) is 6.75. The predicted octanol–water partition coefficient (Wildman–Crippen LogP) is 5.62. The molecule has 5 aromatic rings. The van der Waals surface area contributed by atoms with Gasteiger partial charge in [0.05, 0.1) is 23.0 Å². The number of aromatic nitrogens is 2. The van der Waals surface area contributed by atoms with E-state index in [0.29, 0.717) is 11.3 Å². The van der Waals surface area contributed by atoms with E-state index in [2.05, 4.69) is 5.32 Å². The Morgan fingerprint density at radius 2 is 1.83 bits per heavy atom. The van der Waals surface area contributed by atoms with E-state index < -0.39 is 0 Å². The van der Waals surface area contributed by atoms with E-state index in [-0.39, 0.29) is 11.7 Å². The van der Waals surface area contributed by atoms with Crippen molar-refractivity contribution in [3.05, 3.63) is 84.3 Å². The fourth-order valence-corrected chi connectivity index (χ4v) is 4.33. The zero-order chi connectivity index (χ0) is 20.7. The smallest absolute Gasteiger partial charge is 0.255 e. The molecule has 0 spiro atoms. The summed E-state index contributed by atoms with van der Waals surface area (Å²) in [7, 11) is 1.64. The number of methoxy groups -OCH3 is 1. The van der Waals surface area contributed by atoms with Crippen LogP contribution in [0.3, 0.4) is 0 Å². The topological polar surface area (TPSA) is 55.6 Å². The van der Waals surface area contributed by atoms with Crippen molar-refractivity contribution in [3.63, 3.8) is 0 Å². The molecule has 30 heavy (non-hydrogen) atoms. The van der Waals surface area contributed by atoms with Crippen LogP contribution in [-0.4, -0.2) is 22.4 Å². The van der Waals surface area contributed by atoms with Gasteiger partial charge < -0.3 is 10.1 Å². The molecule has 5 nitrogen and oxygen atoms in total. The number of hydrogen-bond acceptors (Lipinski definition) is 4. The number of thiazole rings is 1. The molecule has 1 amide bonds. The van der Waals surface area contributed by atoms with Crippen LogP contribution in [-0.2, 0) is 0 Å². The van der Waals surface area contributed by atoms with Gasteiger partial charge in [-0.25, -0.2) is 9.37 Å². The maximum absolute atomic E-state index is 13.0. The van der Waals surface area contributed by atoms with E-state index >= 15 is 0 Å². The summed E-state index contributed by atoms with van der Waals surface area (Å²) in [5.41, 5.74) is 3.96. The summed E-state index contributed by atoms with van der Waals surface area (Å²) in [6.07, 6.45) is 1.99. The van der Waals surface area contributed by atoms with E-state index in [1.807, 2.05) is 47.0 Å². The Balaban J connectivity index is 1.45. The van der Waals surface area contributed by atoms with Crippen molar-refractivity contribution in [2.24, 2.45) is 0 Å². The average molecular weight is 417 g/mol. The summed E-state index contributed by atoms with van der Waals surface area (Å²) in [6.45, 7) is 0. The molecule has 2 aromatic heterocycles. The van der Waals surface area contributed by atoms with E-state index in [1.54, 1.807) is 13.2 Å². The fourth-order valence-electron chi connectivity index (χ4n) is 3.28. The summed E-state index contributed by atoms with van der Waals surface area (Å²) >= 11 is 1.52. The highest BCUT2D eigenvalue weighted by Crippen LogP contribution is 2.31. The molecular formula is C23H16FN3O2S. The number of fused-ring (bicyclic) bond motifs is 3. The number of carbonyl (C=O) groups is 1. The van der Waals surface area contributed by atoms with Gasteiger partial charge in [-0.3, -0.25) is 9.20 Å². The minimum absolute atomic E-state index is 0.242. The Kier molecular flexibility index (Phi) is 4.44. The van der Waals surface area contributed by atoms with Gasteiger partial charge in [-0.15, -0.1) is 0 Å². The number of ether oxygens (including phenoxy) is 1. The second-order valence-corrected chi connectivity index (χ2v) is 7.76. The Morgan fingerprint density at radius 1 is 1.07 bits per heavy atom. The van der Waals surface area contributed by atoms with Crippen LogP contribution in [0.2, 0.25) is 0 Å². The molecule has 1 N–H and O–H groups in total. The zero-order valence-corrected chi connectivity index (χ0v) is 16.7. The molecule has 7 heteroatoms. The minimum Gasteiger partial charge on any atom is -0.497 e. The van der Waals surface area contributed by atoms with E-state index in [1.165, 1.54) is 35.6 Å². The van der Waals surface area contributed by atoms with E-state index in [0.717, 1.165) is 32.2 Å². The molecule has 5 rings (SSSR count). The van der Waals surface area contributed by atoms with Crippen LogP contribution in [0.15, 0.2) is 72.9 Å². The molecule has 0 saturated heterocycles. The molecule has 0 unspecified atom stereocenters. The van der Waals surface area contributed by atoms with E-state index in [9.17, 15) is 9.18 Å². The quantitative estimate of drug-likeness (QED) is 0.413. The average Bonchev–Trinajstić information content (AvgIpc) is 3.33. The van der Waals surface area contributed by atoms with Gasteiger partial charge in [-0.05, 0) is 66.7 Å². The molecule has 0 atom stereocenters. The molecule has 0 radical (unpaired) electrons. The summed E-state index contributed by atoms with van der Waals surface area (Å²) in [4.78, 5) is 18.1. The third-order valence-corrected chi connectivity index (χ3v) is 5.86. The number of nitrogens with zero attached hydrogens (tertiary/aromatic N) is 2. The largest absolute Gasteiger partial charge is 0.497 e. The minimum atomic E-state index is -0.342. The number of anilines is 1. The van der Waals surface area contributed by atoms with Gasteiger partial charge in [-0.1, -0.05) is 11.3 Å². The number of nitrogens with one attached hydrogen (secondary N) is 1. The highest BCUT2D eigenvalue weighted by Gasteiger charge is 2.13. The van der Waals surface area contributed by atoms with Gasteiger partial charge in [0.2, 0.25) is 0 Å². The highest BCUT2D eigenvalue weighted by molar-refractivity contribution is 7.23. The summed E-state index contributed by atoms with van der Waals surface area (Å²) in [6, 6.07) is 19.0. The lowest BCUT2D eigenvalue weighted by Gasteiger charge is -2.05. The zero-order valence-electron chi connectivity index (χ0n) is 15.9. The lowest BCUT2D eigenvalue weighted by Crippen LogP contribution is -2.11. The van der Waals surface area contributed by atoms with Crippen LogP contribution in [0.25, 0.3) is 26.4 Å². The number of rotatable bonds is 4. The van der Waals surface area contributed by atoms with Crippen LogP contribution in [0.5, 0.6) is 5.75 Å². The lowest BCUT2D eigenvalue weighted by atomic mass is 10.1. The summed E-state index contributed by atoms with van der Waals surface area (Å²) in [5, 5.41) is 2.78. The van der Waals surface area contributed by atoms with Crippen molar-refractivity contribution >= 4 is 38.1 Å². The van der Waals surface area contributed by atoms with Crippen molar-refractivity contribution in [3.8, 4) is 17.0 Å². The van der Waals surface area contributed by atoms with Crippen molar-refractivity contribution in [1.29, 1.82) is 0 Å². The first-order valence-corrected chi connectivity index (χ1v) is 10.1. The number of hydrogen-bond donors (Lipinski definition) is 1. The number of carbonyl (C=O) groups excluding carboxylic acids is 1. The molecule has 0 fully saturated rings. The fraction of sp³-hybridized carbons (Fsp3) is 0.0435. The third kappa shape index (κ3) is 3.29. The van der Waals surface area contributed by atoms with Crippen LogP contribution < -0.4 is 10.1 Å². The maximum Gasteiger partial charge on any atom is 0.255 e. The van der Waals surface area contributed by atoms with Crippen molar-refractivity contribution in [2.75, 3.05) is 12.4 Å². The van der Waals surface area contributed by atoms with Gasteiger partial charge in [0.25, 0.3) is 5.91 Å². The lowest BCUT2D eigenvalue weighted by molar-refractivity contribution is 0.102. The maximum atomic E-state index is 13.0. The first-order valence-electron chi connectivity index (χ1n) is 9.24. The molecule has 0 aliphatic rings. The van der Waals surface area contributed by atoms with Crippen LogP contribution in [0, 0.1) is 5.82 Å². The van der Waals surface area contributed by atoms with Crippen LogP contribution in [0.1, 0.15) is 10.4 Å². The molecular weight excluding hydrogens is 401 g/mol. The molecule has 0 saturated carbocycles. The van der Waals surface area contributed by atoms with Crippen molar-refractivity contribution in [1.82, 2.24) is 9.38 Å². The van der Waals surface area contributed by atoms with Gasteiger partial charge in [-0.2, -0.15) is 0 Å². The van der Waals surface area contributed by atoms with Crippen LogP contribution in [0.4, 0.5) is 10.1 Å². The van der Waals surface area contributed by atoms with Gasteiger partial charge in [0.1, 0.15) is 11.6 Å². The Bertz CT molecular complexity index is 1370. The van der Waals surface area contributed by atoms with Crippen LogP contribution >= 0.6 is 11.3 Å². The number of amides is 1. The third-order valence-electron chi connectivity index (χ3n) is 4.84. The number of benzene rings is 3. The number of imidazole rings is 1. The monoisotopic (exact) mass is 417 g/mol. The van der Waals surface area contributed by atoms with Crippen molar-refractivity contribution in [2.45, 2.75) is 0 Å². The van der Waals surface area contributed by atoms with Crippen molar-refractivity contribution < 1.29 is 13.9 Å². The molecule has 0 bridgehead atoms. The number of halogens is 1.